The molecule has 0 bridgehead atoms. The number of hydrogen-bond donors (Lipinski definition) is 3. The van der Waals surface area contributed by atoms with E-state index in [1.165, 1.54) is 11.3 Å². The quantitative estimate of drug-likeness (QED) is 0.736. The molecule has 3 rings (SSSR count). The molecule has 2 heterocycles. The van der Waals surface area contributed by atoms with E-state index in [2.05, 4.69) is 45.8 Å². The Morgan fingerprint density at radius 3 is 2.84 bits per heavy atom. The number of anilines is 1. The number of amides is 2. The van der Waals surface area contributed by atoms with Gasteiger partial charge in [-0.05, 0) is 25.0 Å². The molecule has 2 atom stereocenters. The van der Waals surface area contributed by atoms with Crippen molar-refractivity contribution in [3.8, 4) is 0 Å². The van der Waals surface area contributed by atoms with Crippen molar-refractivity contribution >= 4 is 11.7 Å². The highest BCUT2D eigenvalue weighted by molar-refractivity contribution is 5.74. The summed E-state index contributed by atoms with van der Waals surface area (Å²) >= 11 is 0. The second-order valence-electron chi connectivity index (χ2n) is 6.48. The number of nitrogens with zero attached hydrogens (tertiary/aromatic N) is 3. The van der Waals surface area contributed by atoms with Crippen molar-refractivity contribution in [1.29, 1.82) is 0 Å². The van der Waals surface area contributed by atoms with Gasteiger partial charge in [-0.15, -0.1) is 0 Å². The molecule has 7 heteroatoms. The van der Waals surface area contributed by atoms with Crippen molar-refractivity contribution in [2.24, 2.45) is 7.05 Å². The average Bonchev–Trinajstić information content (AvgIpc) is 3.23. The maximum atomic E-state index is 12.0. The number of rotatable bonds is 6. The Bertz CT molecular complexity index is 730. The number of aliphatic hydroxyl groups excluding tert-OH is 1. The average molecular weight is 343 g/mol. The van der Waals surface area contributed by atoms with Crippen LogP contribution in [0.5, 0.6) is 0 Å². The fraction of sp³-hybridized carbons (Fsp3) is 0.444. The van der Waals surface area contributed by atoms with Crippen molar-refractivity contribution in [2.75, 3.05) is 24.5 Å². The van der Waals surface area contributed by atoms with Gasteiger partial charge in [-0.1, -0.05) is 18.2 Å². The Kier molecular flexibility index (Phi) is 5.23. The molecule has 1 aliphatic rings. The van der Waals surface area contributed by atoms with Gasteiger partial charge in [0, 0.05) is 50.2 Å². The van der Waals surface area contributed by atoms with E-state index in [9.17, 15) is 9.90 Å². The number of hydrogen-bond acceptors (Lipinski definition) is 4. The van der Waals surface area contributed by atoms with Crippen LogP contribution >= 0.6 is 0 Å². The number of para-hydroxylation sites is 1. The molecular formula is C18H25N5O2. The largest absolute Gasteiger partial charge is 0.386 e. The van der Waals surface area contributed by atoms with E-state index >= 15 is 0 Å². The van der Waals surface area contributed by atoms with Crippen LogP contribution in [-0.2, 0) is 13.5 Å². The van der Waals surface area contributed by atoms with Crippen LogP contribution in [-0.4, -0.2) is 46.6 Å². The Morgan fingerprint density at radius 2 is 2.08 bits per heavy atom. The van der Waals surface area contributed by atoms with Crippen molar-refractivity contribution < 1.29 is 9.90 Å². The molecule has 2 aromatic rings. The number of aliphatic hydroxyl groups is 1. The standard InChI is InChI=1S/C18H25N5O2/c1-13(23-8-7-14-5-3-4-6-16(14)23)9-19-18(25)20-11-17(24)15-10-21-22(2)12-15/h3-6,10,12-13,17,24H,7-9,11H2,1-2H3,(H2,19,20,25)/t13-,17+/m0/s1. The zero-order valence-electron chi connectivity index (χ0n) is 14.6. The third-order valence-corrected chi connectivity index (χ3v) is 4.58. The van der Waals surface area contributed by atoms with Gasteiger partial charge in [-0.2, -0.15) is 5.10 Å². The summed E-state index contributed by atoms with van der Waals surface area (Å²) in [5, 5.41) is 19.6. The number of aromatic nitrogens is 2. The highest BCUT2D eigenvalue weighted by Crippen LogP contribution is 2.28. The van der Waals surface area contributed by atoms with Crippen LogP contribution in [0.1, 0.15) is 24.2 Å². The first-order chi connectivity index (χ1) is 12.0. The van der Waals surface area contributed by atoms with E-state index in [0.29, 0.717) is 12.1 Å². The van der Waals surface area contributed by atoms with E-state index in [-0.39, 0.29) is 18.6 Å². The number of nitrogens with one attached hydrogen (secondary N) is 2. The maximum Gasteiger partial charge on any atom is 0.314 e. The highest BCUT2D eigenvalue weighted by atomic mass is 16.3. The molecule has 0 fully saturated rings. The van der Waals surface area contributed by atoms with Gasteiger partial charge >= 0.3 is 6.03 Å². The van der Waals surface area contributed by atoms with Crippen molar-refractivity contribution in [1.82, 2.24) is 20.4 Å². The Labute approximate surface area is 147 Å². The Balaban J connectivity index is 1.43. The van der Waals surface area contributed by atoms with Crippen molar-refractivity contribution in [3.05, 3.63) is 47.8 Å². The van der Waals surface area contributed by atoms with Gasteiger partial charge < -0.3 is 20.6 Å². The van der Waals surface area contributed by atoms with E-state index in [1.54, 1.807) is 24.1 Å². The second-order valence-corrected chi connectivity index (χ2v) is 6.48. The minimum atomic E-state index is -0.762. The van der Waals surface area contributed by atoms with Gasteiger partial charge in [0.2, 0.25) is 0 Å². The van der Waals surface area contributed by atoms with Crippen LogP contribution in [0.4, 0.5) is 10.5 Å². The molecule has 0 radical (unpaired) electrons. The smallest absolute Gasteiger partial charge is 0.314 e. The van der Waals surface area contributed by atoms with Crippen LogP contribution in [0, 0.1) is 0 Å². The summed E-state index contributed by atoms with van der Waals surface area (Å²) < 4.78 is 1.62. The normalized spacial score (nSPS) is 15.6. The molecule has 7 nitrogen and oxygen atoms in total. The first kappa shape index (κ1) is 17.3. The number of carbonyl (C=O) groups is 1. The van der Waals surface area contributed by atoms with E-state index in [4.69, 9.17) is 0 Å². The highest BCUT2D eigenvalue weighted by Gasteiger charge is 2.23. The molecule has 3 N–H and O–H groups in total. The lowest BCUT2D eigenvalue weighted by Gasteiger charge is -2.27. The maximum absolute atomic E-state index is 12.0. The molecule has 134 valence electrons. The predicted molar refractivity (Wildman–Crippen MR) is 96.5 cm³/mol. The zero-order valence-corrected chi connectivity index (χ0v) is 14.6. The van der Waals surface area contributed by atoms with Crippen LogP contribution in [0.2, 0.25) is 0 Å². The molecule has 0 saturated heterocycles. The molecule has 1 aromatic heterocycles. The van der Waals surface area contributed by atoms with Gasteiger partial charge in [0.25, 0.3) is 0 Å². The number of aryl methyl sites for hydroxylation is 1. The summed E-state index contributed by atoms with van der Waals surface area (Å²) in [4.78, 5) is 14.3. The van der Waals surface area contributed by atoms with Gasteiger partial charge in [0.1, 0.15) is 0 Å². The lowest BCUT2D eigenvalue weighted by atomic mass is 10.2. The summed E-state index contributed by atoms with van der Waals surface area (Å²) in [7, 11) is 1.79. The molecule has 2 amide bonds. The summed E-state index contributed by atoms with van der Waals surface area (Å²) in [5.41, 5.74) is 3.30. The van der Waals surface area contributed by atoms with Crippen molar-refractivity contribution in [2.45, 2.75) is 25.5 Å². The lowest BCUT2D eigenvalue weighted by Crippen LogP contribution is -2.45. The van der Waals surface area contributed by atoms with E-state index < -0.39 is 6.10 Å². The topological polar surface area (TPSA) is 82.4 Å². The summed E-state index contributed by atoms with van der Waals surface area (Å²) in [5.74, 6) is 0. The SMILES string of the molecule is C[C@@H](CNC(=O)NC[C@@H](O)c1cnn(C)c1)N1CCc2ccccc21. The van der Waals surface area contributed by atoms with Gasteiger partial charge in [0.05, 0.1) is 12.3 Å². The predicted octanol–water partition coefficient (Wildman–Crippen LogP) is 1.20. The minimum Gasteiger partial charge on any atom is -0.386 e. The van der Waals surface area contributed by atoms with E-state index in [0.717, 1.165) is 13.0 Å². The first-order valence-corrected chi connectivity index (χ1v) is 8.57. The Hall–Kier alpha value is -2.54. The van der Waals surface area contributed by atoms with Crippen LogP contribution in [0.3, 0.4) is 0 Å². The van der Waals surface area contributed by atoms with Crippen molar-refractivity contribution in [3.63, 3.8) is 0 Å². The Morgan fingerprint density at radius 1 is 1.32 bits per heavy atom. The third-order valence-electron chi connectivity index (χ3n) is 4.58. The fourth-order valence-electron chi connectivity index (χ4n) is 3.15. The zero-order chi connectivity index (χ0) is 17.8. The fourth-order valence-corrected chi connectivity index (χ4v) is 3.15. The number of carbonyl (C=O) groups excluding carboxylic acids is 1. The molecule has 0 aliphatic carbocycles. The summed E-state index contributed by atoms with van der Waals surface area (Å²) in [6.45, 7) is 3.78. The van der Waals surface area contributed by atoms with Gasteiger partial charge in [-0.25, -0.2) is 4.79 Å². The first-order valence-electron chi connectivity index (χ1n) is 8.57. The van der Waals surface area contributed by atoms with Gasteiger partial charge in [-0.3, -0.25) is 4.68 Å². The van der Waals surface area contributed by atoms with Gasteiger partial charge in [0.15, 0.2) is 0 Å². The van der Waals surface area contributed by atoms with E-state index in [1.807, 2.05) is 6.07 Å². The molecule has 25 heavy (non-hydrogen) atoms. The summed E-state index contributed by atoms with van der Waals surface area (Å²) in [6, 6.07) is 8.32. The molecule has 0 spiro atoms. The number of fused-ring (bicyclic) bond motifs is 1. The van der Waals surface area contributed by atoms with Crippen LogP contribution in [0.25, 0.3) is 0 Å². The molecular weight excluding hydrogens is 318 g/mol. The number of urea groups is 1. The minimum absolute atomic E-state index is 0.151. The molecule has 1 aliphatic heterocycles. The van der Waals surface area contributed by atoms with Crippen LogP contribution < -0.4 is 15.5 Å². The third kappa shape index (κ3) is 4.11. The lowest BCUT2D eigenvalue weighted by molar-refractivity contribution is 0.173. The van der Waals surface area contributed by atoms with Crippen LogP contribution in [0.15, 0.2) is 36.7 Å². The molecule has 0 saturated carbocycles. The second kappa shape index (κ2) is 7.57. The molecule has 0 unspecified atom stereocenters. The monoisotopic (exact) mass is 343 g/mol. The summed E-state index contributed by atoms with van der Waals surface area (Å²) in [6.07, 6.45) is 3.61. The number of benzene rings is 1. The molecule has 1 aromatic carbocycles.